The van der Waals surface area contributed by atoms with Gasteiger partial charge in [-0.05, 0) is 55.3 Å². The van der Waals surface area contributed by atoms with Crippen LogP contribution >= 0.6 is 11.3 Å². The number of hydrogen-bond donors (Lipinski definition) is 0. The number of aromatic nitrogens is 2. The smallest absolute Gasteiger partial charge is 0.247 e. The first-order valence-electron chi connectivity index (χ1n) is 11.3. The van der Waals surface area contributed by atoms with Gasteiger partial charge in [0.05, 0.1) is 11.3 Å². The van der Waals surface area contributed by atoms with E-state index in [-0.39, 0.29) is 24.0 Å². The minimum atomic E-state index is -0.345. The molecule has 0 spiro atoms. The first-order chi connectivity index (χ1) is 15.7. The number of likely N-dealkylation sites (tertiary alicyclic amines) is 1. The molecule has 4 heterocycles. The number of amides is 1. The normalized spacial score (nSPS) is 21.8. The van der Waals surface area contributed by atoms with Gasteiger partial charge in [-0.25, -0.2) is 0 Å². The average Bonchev–Trinajstić information content (AvgIpc) is 3.64. The lowest BCUT2D eigenvalue weighted by atomic mass is 9.82. The number of thiophene rings is 1. The van der Waals surface area contributed by atoms with Gasteiger partial charge in [0.2, 0.25) is 24.5 Å². The number of carbonyl (C=O) groups is 1. The molecule has 1 atom stereocenters. The molecule has 1 saturated carbocycles. The van der Waals surface area contributed by atoms with E-state index in [9.17, 15) is 4.79 Å². The maximum Gasteiger partial charge on any atom is 0.247 e. The van der Waals surface area contributed by atoms with Gasteiger partial charge in [0.1, 0.15) is 0 Å². The predicted molar refractivity (Wildman–Crippen MR) is 119 cm³/mol. The molecule has 6 rings (SSSR count). The number of carbonyl (C=O) groups excluding carboxylic acids is 1. The van der Waals surface area contributed by atoms with Crippen molar-refractivity contribution < 1.29 is 18.7 Å². The maximum absolute atomic E-state index is 13.8. The van der Waals surface area contributed by atoms with E-state index in [2.05, 4.69) is 27.7 Å². The first kappa shape index (κ1) is 19.8. The maximum atomic E-state index is 13.8. The van der Waals surface area contributed by atoms with Gasteiger partial charge in [0, 0.05) is 23.5 Å². The van der Waals surface area contributed by atoms with Crippen LogP contribution in [0.1, 0.15) is 55.2 Å². The molecular formula is C24H25N3O4S. The lowest BCUT2D eigenvalue weighted by molar-refractivity contribution is -0.138. The topological polar surface area (TPSA) is 77.7 Å². The highest BCUT2D eigenvalue weighted by atomic mass is 32.1. The van der Waals surface area contributed by atoms with E-state index in [0.29, 0.717) is 24.1 Å². The van der Waals surface area contributed by atoms with E-state index in [1.807, 2.05) is 23.1 Å². The third kappa shape index (κ3) is 3.28. The van der Waals surface area contributed by atoms with Crippen LogP contribution in [0.15, 0.2) is 40.1 Å². The molecule has 1 aromatic carbocycles. The van der Waals surface area contributed by atoms with Crippen LogP contribution in [-0.2, 0) is 10.2 Å². The SMILES string of the molecule is O=C(N1CCCC(c2nnc(-c3ccc4c(c3)OCO4)o2)C1)C1(c2cccs2)CCCC1. The summed E-state index contributed by atoms with van der Waals surface area (Å²) in [6, 6.07) is 9.80. The van der Waals surface area contributed by atoms with E-state index in [1.54, 1.807) is 11.3 Å². The fourth-order valence-electron chi connectivity index (χ4n) is 5.31. The number of ether oxygens (including phenoxy) is 2. The van der Waals surface area contributed by atoms with Crippen molar-refractivity contribution >= 4 is 17.2 Å². The molecule has 1 unspecified atom stereocenters. The number of rotatable bonds is 4. The summed E-state index contributed by atoms with van der Waals surface area (Å²) in [5.41, 5.74) is 0.460. The third-order valence-electron chi connectivity index (χ3n) is 6.98. The Morgan fingerprint density at radius 2 is 1.97 bits per heavy atom. The van der Waals surface area contributed by atoms with E-state index >= 15 is 0 Å². The molecule has 0 N–H and O–H groups in total. The summed E-state index contributed by atoms with van der Waals surface area (Å²) in [7, 11) is 0. The minimum Gasteiger partial charge on any atom is -0.454 e. The van der Waals surface area contributed by atoms with Crippen LogP contribution in [0.3, 0.4) is 0 Å². The molecule has 0 radical (unpaired) electrons. The highest BCUT2D eigenvalue weighted by molar-refractivity contribution is 7.10. The van der Waals surface area contributed by atoms with Crippen molar-refractivity contribution in [3.8, 4) is 23.0 Å². The lowest BCUT2D eigenvalue weighted by Crippen LogP contribution is -2.48. The van der Waals surface area contributed by atoms with Crippen molar-refractivity contribution in [2.24, 2.45) is 0 Å². The van der Waals surface area contributed by atoms with Gasteiger partial charge < -0.3 is 18.8 Å². The zero-order valence-corrected chi connectivity index (χ0v) is 18.6. The largest absolute Gasteiger partial charge is 0.454 e. The second kappa shape index (κ2) is 7.92. The Morgan fingerprint density at radius 1 is 1.09 bits per heavy atom. The lowest BCUT2D eigenvalue weighted by Gasteiger charge is -2.38. The van der Waals surface area contributed by atoms with Crippen LogP contribution < -0.4 is 9.47 Å². The molecule has 32 heavy (non-hydrogen) atoms. The van der Waals surface area contributed by atoms with E-state index in [0.717, 1.165) is 56.4 Å². The van der Waals surface area contributed by atoms with Crippen LogP contribution in [0, 0.1) is 0 Å². The van der Waals surface area contributed by atoms with Gasteiger partial charge in [-0.2, -0.15) is 0 Å². The highest BCUT2D eigenvalue weighted by Gasteiger charge is 2.46. The fourth-order valence-corrected chi connectivity index (χ4v) is 6.28. The van der Waals surface area contributed by atoms with Crippen molar-refractivity contribution in [3.05, 3.63) is 46.5 Å². The second-order valence-corrected chi connectivity index (χ2v) is 9.82. The number of fused-ring (bicyclic) bond motifs is 1. The molecule has 8 heteroatoms. The Balaban J connectivity index is 1.21. The van der Waals surface area contributed by atoms with Crippen molar-refractivity contribution in [2.75, 3.05) is 19.9 Å². The van der Waals surface area contributed by atoms with E-state index in [1.165, 1.54) is 4.88 Å². The summed E-state index contributed by atoms with van der Waals surface area (Å²) < 4.78 is 16.9. The first-order valence-corrected chi connectivity index (χ1v) is 12.2. The van der Waals surface area contributed by atoms with Crippen LogP contribution in [0.2, 0.25) is 0 Å². The van der Waals surface area contributed by atoms with Gasteiger partial charge >= 0.3 is 0 Å². The average molecular weight is 452 g/mol. The molecule has 166 valence electrons. The van der Waals surface area contributed by atoms with Crippen molar-refractivity contribution in [1.29, 1.82) is 0 Å². The van der Waals surface area contributed by atoms with Crippen LogP contribution in [-0.4, -0.2) is 40.9 Å². The standard InChI is InChI=1S/C24H25N3O4S/c28-23(24(9-1-2-10-24)20-6-4-12-32-20)27-11-3-5-17(14-27)22-26-25-21(31-22)16-7-8-18-19(13-16)30-15-29-18/h4,6-8,12-13,17H,1-3,5,9-11,14-15H2. The van der Waals surface area contributed by atoms with E-state index in [4.69, 9.17) is 13.9 Å². The van der Waals surface area contributed by atoms with Gasteiger partial charge in [-0.15, -0.1) is 21.5 Å². The van der Waals surface area contributed by atoms with Crippen LogP contribution in [0.25, 0.3) is 11.5 Å². The molecule has 3 aliphatic rings. The zero-order valence-electron chi connectivity index (χ0n) is 17.8. The Bertz CT molecular complexity index is 1120. The Hall–Kier alpha value is -2.87. The molecule has 1 aliphatic carbocycles. The predicted octanol–water partition coefficient (Wildman–Crippen LogP) is 4.74. The quantitative estimate of drug-likeness (QED) is 0.570. The van der Waals surface area contributed by atoms with Gasteiger partial charge in [0.15, 0.2) is 11.5 Å². The summed E-state index contributed by atoms with van der Waals surface area (Å²) >= 11 is 1.71. The number of nitrogens with zero attached hydrogens (tertiary/aromatic N) is 3. The Morgan fingerprint density at radius 3 is 2.81 bits per heavy atom. The summed E-state index contributed by atoms with van der Waals surface area (Å²) in [4.78, 5) is 17.0. The molecule has 1 saturated heterocycles. The monoisotopic (exact) mass is 451 g/mol. The van der Waals surface area contributed by atoms with Gasteiger partial charge in [-0.3, -0.25) is 4.79 Å². The molecule has 2 aliphatic heterocycles. The second-order valence-electron chi connectivity index (χ2n) is 8.87. The summed E-state index contributed by atoms with van der Waals surface area (Å²) in [6.45, 7) is 1.66. The van der Waals surface area contributed by atoms with Gasteiger partial charge in [0.25, 0.3) is 0 Å². The third-order valence-corrected chi connectivity index (χ3v) is 8.05. The number of benzene rings is 1. The number of hydrogen-bond acceptors (Lipinski definition) is 7. The van der Waals surface area contributed by atoms with Crippen molar-refractivity contribution in [3.63, 3.8) is 0 Å². The molecule has 7 nitrogen and oxygen atoms in total. The highest BCUT2D eigenvalue weighted by Crippen LogP contribution is 2.45. The molecule has 2 fully saturated rings. The molecule has 0 bridgehead atoms. The van der Waals surface area contributed by atoms with Crippen LogP contribution in [0.5, 0.6) is 11.5 Å². The minimum absolute atomic E-state index is 0.0600. The van der Waals surface area contributed by atoms with Crippen molar-refractivity contribution in [2.45, 2.75) is 49.9 Å². The molecule has 3 aromatic rings. The Labute approximate surface area is 190 Å². The Kier molecular flexibility index (Phi) is 4.90. The summed E-state index contributed by atoms with van der Waals surface area (Å²) in [6.07, 6.45) is 6.01. The van der Waals surface area contributed by atoms with Gasteiger partial charge in [-0.1, -0.05) is 18.9 Å². The zero-order chi connectivity index (χ0) is 21.5. The van der Waals surface area contributed by atoms with Crippen molar-refractivity contribution in [1.82, 2.24) is 15.1 Å². The molecular weight excluding hydrogens is 426 g/mol. The molecule has 1 amide bonds. The summed E-state index contributed by atoms with van der Waals surface area (Å²) in [5.74, 6) is 2.82. The molecule has 2 aromatic heterocycles. The van der Waals surface area contributed by atoms with E-state index < -0.39 is 0 Å². The van der Waals surface area contributed by atoms with Crippen LogP contribution in [0.4, 0.5) is 0 Å². The fraction of sp³-hybridized carbons (Fsp3) is 0.458. The number of piperidine rings is 1. The summed E-state index contributed by atoms with van der Waals surface area (Å²) in [5, 5.41) is 10.7.